The van der Waals surface area contributed by atoms with Crippen molar-refractivity contribution in [2.75, 3.05) is 6.54 Å². The van der Waals surface area contributed by atoms with Gasteiger partial charge in [-0.05, 0) is 36.8 Å². The molecule has 0 heterocycles. The van der Waals surface area contributed by atoms with E-state index in [9.17, 15) is 0 Å². The van der Waals surface area contributed by atoms with Crippen molar-refractivity contribution in [1.29, 1.82) is 0 Å². The number of hydrogen-bond donors (Lipinski definition) is 1. The molecule has 1 fully saturated rings. The number of benzene rings is 1. The van der Waals surface area contributed by atoms with Crippen LogP contribution >= 0.6 is 0 Å². The Morgan fingerprint density at radius 3 is 2.53 bits per heavy atom. The Hall–Kier alpha value is -0.820. The SMILES string of the molecule is CCNC(CCC1CC1)C(C)c1ccccc1. The molecular formula is C16H25N. The van der Waals surface area contributed by atoms with Crippen LogP contribution in [0.4, 0.5) is 0 Å². The monoisotopic (exact) mass is 231 g/mol. The second-order valence-corrected chi connectivity index (χ2v) is 5.38. The predicted octanol–water partition coefficient (Wildman–Crippen LogP) is 3.96. The first kappa shape index (κ1) is 12.6. The van der Waals surface area contributed by atoms with Crippen molar-refractivity contribution in [3.05, 3.63) is 35.9 Å². The highest BCUT2D eigenvalue weighted by molar-refractivity contribution is 5.20. The first-order valence-corrected chi connectivity index (χ1v) is 7.09. The molecule has 1 aliphatic carbocycles. The molecule has 2 atom stereocenters. The summed E-state index contributed by atoms with van der Waals surface area (Å²) in [7, 11) is 0. The average Bonchev–Trinajstić information content (AvgIpc) is 3.19. The van der Waals surface area contributed by atoms with Gasteiger partial charge in [-0.15, -0.1) is 0 Å². The van der Waals surface area contributed by atoms with Crippen LogP contribution in [0, 0.1) is 5.92 Å². The largest absolute Gasteiger partial charge is 0.314 e. The van der Waals surface area contributed by atoms with E-state index in [1.54, 1.807) is 0 Å². The van der Waals surface area contributed by atoms with Crippen molar-refractivity contribution in [1.82, 2.24) is 5.32 Å². The smallest absolute Gasteiger partial charge is 0.0133 e. The minimum atomic E-state index is 0.620. The second-order valence-electron chi connectivity index (χ2n) is 5.38. The highest BCUT2D eigenvalue weighted by atomic mass is 14.9. The molecule has 0 spiro atoms. The Morgan fingerprint density at radius 1 is 1.24 bits per heavy atom. The van der Waals surface area contributed by atoms with E-state index in [-0.39, 0.29) is 0 Å². The standard InChI is InChI=1S/C16H25N/c1-3-17-16(12-11-14-9-10-14)13(2)15-7-5-4-6-8-15/h4-8,13-14,16-17H,3,9-12H2,1-2H3. The molecular weight excluding hydrogens is 206 g/mol. The van der Waals surface area contributed by atoms with Crippen LogP contribution in [-0.2, 0) is 0 Å². The van der Waals surface area contributed by atoms with E-state index in [1.165, 1.54) is 31.2 Å². The molecule has 0 aliphatic heterocycles. The second kappa shape index (κ2) is 6.20. The lowest BCUT2D eigenvalue weighted by molar-refractivity contribution is 0.413. The number of likely N-dealkylation sites (N-methyl/N-ethyl adjacent to an activating group) is 1. The highest BCUT2D eigenvalue weighted by Crippen LogP contribution is 2.35. The Kier molecular flexibility index (Phi) is 4.61. The van der Waals surface area contributed by atoms with E-state index in [2.05, 4.69) is 49.5 Å². The summed E-state index contributed by atoms with van der Waals surface area (Å²) < 4.78 is 0. The molecule has 0 amide bonds. The molecule has 1 nitrogen and oxygen atoms in total. The van der Waals surface area contributed by atoms with Gasteiger partial charge in [-0.2, -0.15) is 0 Å². The molecule has 1 aromatic carbocycles. The van der Waals surface area contributed by atoms with Crippen LogP contribution in [0.25, 0.3) is 0 Å². The Balaban J connectivity index is 1.93. The predicted molar refractivity (Wildman–Crippen MR) is 74.3 cm³/mol. The van der Waals surface area contributed by atoms with Gasteiger partial charge in [0.15, 0.2) is 0 Å². The van der Waals surface area contributed by atoms with Crippen molar-refractivity contribution >= 4 is 0 Å². The average molecular weight is 231 g/mol. The lowest BCUT2D eigenvalue weighted by Crippen LogP contribution is -2.33. The molecule has 2 rings (SSSR count). The van der Waals surface area contributed by atoms with E-state index in [0.717, 1.165) is 12.5 Å². The maximum absolute atomic E-state index is 3.66. The molecule has 0 aromatic heterocycles. The number of rotatable bonds is 7. The van der Waals surface area contributed by atoms with Crippen LogP contribution in [-0.4, -0.2) is 12.6 Å². The maximum atomic E-state index is 3.66. The molecule has 2 unspecified atom stereocenters. The van der Waals surface area contributed by atoms with Crippen molar-refractivity contribution in [2.24, 2.45) is 5.92 Å². The fourth-order valence-electron chi connectivity index (χ4n) is 2.60. The third kappa shape index (κ3) is 3.85. The van der Waals surface area contributed by atoms with Gasteiger partial charge in [0.2, 0.25) is 0 Å². The zero-order valence-electron chi connectivity index (χ0n) is 11.2. The molecule has 1 heteroatoms. The topological polar surface area (TPSA) is 12.0 Å². The van der Waals surface area contributed by atoms with Gasteiger partial charge in [0.1, 0.15) is 0 Å². The quantitative estimate of drug-likeness (QED) is 0.749. The summed E-state index contributed by atoms with van der Waals surface area (Å²) in [5.74, 6) is 1.66. The molecule has 1 saturated carbocycles. The van der Waals surface area contributed by atoms with Crippen LogP contribution in [0.1, 0.15) is 51.0 Å². The molecule has 0 bridgehead atoms. The normalized spacial score (nSPS) is 18.9. The summed E-state index contributed by atoms with van der Waals surface area (Å²) in [5.41, 5.74) is 1.47. The Morgan fingerprint density at radius 2 is 1.94 bits per heavy atom. The van der Waals surface area contributed by atoms with E-state index in [1.807, 2.05) is 0 Å². The fourth-order valence-corrected chi connectivity index (χ4v) is 2.60. The van der Waals surface area contributed by atoms with Crippen molar-refractivity contribution < 1.29 is 0 Å². The summed E-state index contributed by atoms with van der Waals surface area (Å²) in [4.78, 5) is 0. The number of nitrogens with one attached hydrogen (secondary N) is 1. The zero-order valence-corrected chi connectivity index (χ0v) is 11.2. The van der Waals surface area contributed by atoms with E-state index >= 15 is 0 Å². The molecule has 1 aliphatic rings. The lowest BCUT2D eigenvalue weighted by Gasteiger charge is -2.25. The number of hydrogen-bond acceptors (Lipinski definition) is 1. The van der Waals surface area contributed by atoms with Crippen LogP contribution in [0.2, 0.25) is 0 Å². The minimum absolute atomic E-state index is 0.620. The lowest BCUT2D eigenvalue weighted by atomic mass is 9.90. The van der Waals surface area contributed by atoms with Gasteiger partial charge in [-0.3, -0.25) is 0 Å². The maximum Gasteiger partial charge on any atom is 0.0133 e. The summed E-state index contributed by atoms with van der Waals surface area (Å²) in [6, 6.07) is 11.6. The molecule has 17 heavy (non-hydrogen) atoms. The van der Waals surface area contributed by atoms with Gasteiger partial charge >= 0.3 is 0 Å². The van der Waals surface area contributed by atoms with Gasteiger partial charge in [0, 0.05) is 6.04 Å². The Labute approximate surface area is 106 Å². The van der Waals surface area contributed by atoms with Gasteiger partial charge < -0.3 is 5.32 Å². The van der Waals surface area contributed by atoms with Crippen molar-refractivity contribution in [3.63, 3.8) is 0 Å². The highest BCUT2D eigenvalue weighted by Gasteiger charge is 2.24. The first-order valence-electron chi connectivity index (χ1n) is 7.09. The van der Waals surface area contributed by atoms with Gasteiger partial charge in [0.25, 0.3) is 0 Å². The minimum Gasteiger partial charge on any atom is -0.314 e. The molecule has 94 valence electrons. The van der Waals surface area contributed by atoms with Crippen LogP contribution in [0.5, 0.6) is 0 Å². The van der Waals surface area contributed by atoms with Gasteiger partial charge in [-0.1, -0.05) is 57.0 Å². The van der Waals surface area contributed by atoms with Crippen LogP contribution in [0.3, 0.4) is 0 Å². The summed E-state index contributed by atoms with van der Waals surface area (Å²) in [6.45, 7) is 5.64. The van der Waals surface area contributed by atoms with Crippen LogP contribution in [0.15, 0.2) is 30.3 Å². The summed E-state index contributed by atoms with van der Waals surface area (Å²) in [6.07, 6.45) is 5.68. The van der Waals surface area contributed by atoms with E-state index in [0.29, 0.717) is 12.0 Å². The van der Waals surface area contributed by atoms with Crippen molar-refractivity contribution in [2.45, 2.75) is 51.5 Å². The zero-order chi connectivity index (χ0) is 12.1. The third-order valence-corrected chi connectivity index (χ3v) is 3.98. The van der Waals surface area contributed by atoms with Gasteiger partial charge in [0.05, 0.1) is 0 Å². The van der Waals surface area contributed by atoms with E-state index < -0.39 is 0 Å². The van der Waals surface area contributed by atoms with Crippen molar-refractivity contribution in [3.8, 4) is 0 Å². The summed E-state index contributed by atoms with van der Waals surface area (Å²) >= 11 is 0. The molecule has 1 N–H and O–H groups in total. The molecule has 0 radical (unpaired) electrons. The Bertz CT molecular complexity index is 316. The summed E-state index contributed by atoms with van der Waals surface area (Å²) in [5, 5.41) is 3.66. The fraction of sp³-hybridized carbons (Fsp3) is 0.625. The molecule has 1 aromatic rings. The molecule has 0 saturated heterocycles. The first-order chi connectivity index (χ1) is 8.31. The van der Waals surface area contributed by atoms with E-state index in [4.69, 9.17) is 0 Å². The van der Waals surface area contributed by atoms with Crippen LogP contribution < -0.4 is 5.32 Å². The van der Waals surface area contributed by atoms with Gasteiger partial charge in [-0.25, -0.2) is 0 Å². The third-order valence-electron chi connectivity index (χ3n) is 3.98.